The van der Waals surface area contributed by atoms with Gasteiger partial charge in [-0.05, 0) is 50.7 Å². The van der Waals surface area contributed by atoms with Crippen molar-refractivity contribution < 1.29 is 0 Å². The van der Waals surface area contributed by atoms with Crippen molar-refractivity contribution in [3.8, 4) is 0 Å². The van der Waals surface area contributed by atoms with E-state index in [1.165, 1.54) is 38.5 Å². The Kier molecular flexibility index (Phi) is 3.72. The van der Waals surface area contributed by atoms with Crippen molar-refractivity contribution in [3.05, 3.63) is 40.9 Å². The second-order valence-electron chi connectivity index (χ2n) is 7.40. The van der Waals surface area contributed by atoms with E-state index in [0.717, 1.165) is 11.4 Å². The molecule has 4 heteroatoms. The Balaban J connectivity index is 1.49. The first-order chi connectivity index (χ1) is 11.2. The molecule has 2 saturated carbocycles. The van der Waals surface area contributed by atoms with E-state index in [4.69, 9.17) is 0 Å². The highest BCUT2D eigenvalue weighted by molar-refractivity contribution is 5.76. The monoisotopic (exact) mass is 311 g/mol. The standard InChI is InChI=1S/C19H25N3O/c1-14(21-19(10-11-19)15-6-2-3-7-15)12-22-13-20-17-9-5-4-8-16(17)18(22)23/h4-5,8-9,13-15,21H,2-3,6-7,10-12H2,1H3/t14-/m1/s1. The number of aromatic nitrogens is 2. The van der Waals surface area contributed by atoms with Gasteiger partial charge in [-0.15, -0.1) is 0 Å². The number of hydrogen-bond acceptors (Lipinski definition) is 3. The Hall–Kier alpha value is -1.68. The van der Waals surface area contributed by atoms with Crippen LogP contribution >= 0.6 is 0 Å². The molecule has 2 fully saturated rings. The second-order valence-corrected chi connectivity index (χ2v) is 7.40. The van der Waals surface area contributed by atoms with Gasteiger partial charge in [0, 0.05) is 18.1 Å². The molecule has 0 saturated heterocycles. The first-order valence-corrected chi connectivity index (χ1v) is 8.90. The fourth-order valence-electron chi connectivity index (χ4n) is 4.35. The lowest BCUT2D eigenvalue weighted by Crippen LogP contribution is -2.45. The van der Waals surface area contributed by atoms with E-state index >= 15 is 0 Å². The molecule has 0 unspecified atom stereocenters. The van der Waals surface area contributed by atoms with Gasteiger partial charge in [0.1, 0.15) is 0 Å². The minimum atomic E-state index is 0.0648. The smallest absolute Gasteiger partial charge is 0.261 e. The van der Waals surface area contributed by atoms with Crippen molar-refractivity contribution in [2.75, 3.05) is 0 Å². The van der Waals surface area contributed by atoms with Crippen LogP contribution in [0.4, 0.5) is 0 Å². The first-order valence-electron chi connectivity index (χ1n) is 8.90. The van der Waals surface area contributed by atoms with Crippen molar-refractivity contribution in [2.45, 2.75) is 63.6 Å². The van der Waals surface area contributed by atoms with Gasteiger partial charge in [0.25, 0.3) is 5.56 Å². The van der Waals surface area contributed by atoms with E-state index in [2.05, 4.69) is 17.2 Å². The Morgan fingerprint density at radius 2 is 2.04 bits per heavy atom. The lowest BCUT2D eigenvalue weighted by Gasteiger charge is -2.28. The molecular formula is C19H25N3O. The third-order valence-corrected chi connectivity index (χ3v) is 5.66. The number of para-hydroxylation sites is 1. The number of benzene rings is 1. The Bertz CT molecular complexity index is 757. The molecule has 0 bridgehead atoms. The number of nitrogens with zero attached hydrogens (tertiary/aromatic N) is 2. The van der Waals surface area contributed by atoms with Crippen molar-refractivity contribution in [1.29, 1.82) is 0 Å². The van der Waals surface area contributed by atoms with E-state index < -0.39 is 0 Å². The highest BCUT2D eigenvalue weighted by Gasteiger charge is 2.49. The number of fused-ring (bicyclic) bond motifs is 1. The van der Waals surface area contributed by atoms with Gasteiger partial charge < -0.3 is 5.32 Å². The predicted octanol–water partition coefficient (Wildman–Crippen LogP) is 3.10. The molecule has 2 aliphatic rings. The highest BCUT2D eigenvalue weighted by atomic mass is 16.1. The Morgan fingerprint density at radius 1 is 1.30 bits per heavy atom. The summed E-state index contributed by atoms with van der Waals surface area (Å²) in [5.41, 5.74) is 1.21. The number of nitrogens with one attached hydrogen (secondary N) is 1. The van der Waals surface area contributed by atoms with Gasteiger partial charge in [-0.3, -0.25) is 9.36 Å². The van der Waals surface area contributed by atoms with Crippen molar-refractivity contribution in [2.24, 2.45) is 5.92 Å². The van der Waals surface area contributed by atoms with Crippen LogP contribution in [0.1, 0.15) is 45.4 Å². The molecule has 2 aromatic rings. The molecular weight excluding hydrogens is 286 g/mol. The summed E-state index contributed by atoms with van der Waals surface area (Å²) in [7, 11) is 0. The Morgan fingerprint density at radius 3 is 2.78 bits per heavy atom. The summed E-state index contributed by atoms with van der Waals surface area (Å²) in [4.78, 5) is 17.0. The zero-order valence-electron chi connectivity index (χ0n) is 13.8. The number of hydrogen-bond donors (Lipinski definition) is 1. The average molecular weight is 311 g/mol. The van der Waals surface area contributed by atoms with Crippen LogP contribution in [0.3, 0.4) is 0 Å². The molecule has 1 aromatic carbocycles. The minimum absolute atomic E-state index is 0.0648. The third-order valence-electron chi connectivity index (χ3n) is 5.66. The van der Waals surface area contributed by atoms with E-state index in [1.54, 1.807) is 10.9 Å². The SMILES string of the molecule is C[C@H](Cn1cnc2ccccc2c1=O)NC1(C2CCCC2)CC1. The molecule has 1 N–H and O–H groups in total. The Labute approximate surface area is 136 Å². The van der Waals surface area contributed by atoms with Crippen LogP contribution in [-0.2, 0) is 6.54 Å². The largest absolute Gasteiger partial charge is 0.307 e. The second kappa shape index (κ2) is 5.75. The minimum Gasteiger partial charge on any atom is -0.307 e. The van der Waals surface area contributed by atoms with Crippen LogP contribution in [0.15, 0.2) is 35.4 Å². The van der Waals surface area contributed by atoms with Gasteiger partial charge in [0.05, 0.1) is 17.2 Å². The first kappa shape index (κ1) is 14.9. The van der Waals surface area contributed by atoms with Crippen molar-refractivity contribution >= 4 is 10.9 Å². The van der Waals surface area contributed by atoms with E-state index in [-0.39, 0.29) is 5.56 Å². The molecule has 122 valence electrons. The van der Waals surface area contributed by atoms with Crippen molar-refractivity contribution in [3.63, 3.8) is 0 Å². The summed E-state index contributed by atoms with van der Waals surface area (Å²) in [5.74, 6) is 0.844. The van der Waals surface area contributed by atoms with Gasteiger partial charge in [0.2, 0.25) is 0 Å². The zero-order valence-corrected chi connectivity index (χ0v) is 13.8. The third kappa shape index (κ3) is 2.80. The molecule has 0 spiro atoms. The van der Waals surface area contributed by atoms with Gasteiger partial charge in [-0.25, -0.2) is 4.98 Å². The van der Waals surface area contributed by atoms with Gasteiger partial charge >= 0.3 is 0 Å². The van der Waals surface area contributed by atoms with Gasteiger partial charge in [-0.2, -0.15) is 0 Å². The van der Waals surface area contributed by atoms with Crippen LogP contribution in [0.5, 0.6) is 0 Å². The van der Waals surface area contributed by atoms with Crippen LogP contribution in [0, 0.1) is 5.92 Å². The molecule has 0 radical (unpaired) electrons. The molecule has 1 heterocycles. The quantitative estimate of drug-likeness (QED) is 0.923. The fourth-order valence-corrected chi connectivity index (χ4v) is 4.35. The van der Waals surface area contributed by atoms with Crippen molar-refractivity contribution in [1.82, 2.24) is 14.9 Å². The average Bonchev–Trinajstić information content (AvgIpc) is 3.11. The maximum Gasteiger partial charge on any atom is 0.261 e. The summed E-state index contributed by atoms with van der Waals surface area (Å²) in [5, 5.41) is 4.55. The van der Waals surface area contributed by atoms with E-state index in [9.17, 15) is 4.79 Å². The molecule has 23 heavy (non-hydrogen) atoms. The lowest BCUT2D eigenvalue weighted by atomic mass is 9.95. The molecule has 4 rings (SSSR count). The van der Waals surface area contributed by atoms with E-state index in [1.807, 2.05) is 24.3 Å². The predicted molar refractivity (Wildman–Crippen MR) is 92.5 cm³/mol. The molecule has 1 atom stereocenters. The van der Waals surface area contributed by atoms with E-state index in [0.29, 0.717) is 23.5 Å². The molecule has 0 aliphatic heterocycles. The molecule has 2 aliphatic carbocycles. The molecule has 0 amide bonds. The topological polar surface area (TPSA) is 46.9 Å². The molecule has 1 aromatic heterocycles. The van der Waals surface area contributed by atoms with Crippen LogP contribution in [0.25, 0.3) is 10.9 Å². The van der Waals surface area contributed by atoms with Crippen LogP contribution in [-0.4, -0.2) is 21.1 Å². The van der Waals surface area contributed by atoms with Gasteiger partial charge in [0.15, 0.2) is 0 Å². The maximum atomic E-state index is 12.6. The number of rotatable bonds is 5. The highest BCUT2D eigenvalue weighted by Crippen LogP contribution is 2.49. The zero-order chi connectivity index (χ0) is 15.9. The van der Waals surface area contributed by atoms with Crippen LogP contribution < -0.4 is 10.9 Å². The summed E-state index contributed by atoms with van der Waals surface area (Å²) in [6.07, 6.45) is 9.80. The van der Waals surface area contributed by atoms with Crippen LogP contribution in [0.2, 0.25) is 0 Å². The fraction of sp³-hybridized carbons (Fsp3) is 0.579. The van der Waals surface area contributed by atoms with Gasteiger partial charge in [-0.1, -0.05) is 25.0 Å². The summed E-state index contributed by atoms with van der Waals surface area (Å²) in [6.45, 7) is 2.88. The normalized spacial score (nSPS) is 21.6. The maximum absolute atomic E-state index is 12.6. The summed E-state index contributed by atoms with van der Waals surface area (Å²) in [6, 6.07) is 7.86. The summed E-state index contributed by atoms with van der Waals surface area (Å²) < 4.78 is 1.75. The lowest BCUT2D eigenvalue weighted by molar-refractivity contribution is 0.294. The molecule has 4 nitrogen and oxygen atoms in total. The summed E-state index contributed by atoms with van der Waals surface area (Å²) >= 11 is 0.